The van der Waals surface area contributed by atoms with E-state index in [0.29, 0.717) is 29.1 Å². The maximum absolute atomic E-state index is 12.2. The zero-order valence-electron chi connectivity index (χ0n) is 14.6. The van der Waals surface area contributed by atoms with Crippen molar-refractivity contribution in [2.75, 3.05) is 13.7 Å². The van der Waals surface area contributed by atoms with Gasteiger partial charge in [-0.1, -0.05) is 25.1 Å². The molecule has 0 fully saturated rings. The van der Waals surface area contributed by atoms with Crippen molar-refractivity contribution >= 4 is 11.0 Å². The largest absolute Gasteiger partial charge is 0.489 e. The zero-order valence-corrected chi connectivity index (χ0v) is 14.6. The van der Waals surface area contributed by atoms with Crippen LogP contribution in [0.15, 0.2) is 39.6 Å². The van der Waals surface area contributed by atoms with Crippen LogP contribution in [0.5, 0.6) is 17.2 Å². The SMILES string of the molecule is CCC=CCCOc1cccc2c(OC(C)C)c(OC)c(=O)oc12. The van der Waals surface area contributed by atoms with Crippen molar-refractivity contribution in [1.82, 2.24) is 0 Å². The van der Waals surface area contributed by atoms with Crippen molar-refractivity contribution in [2.45, 2.75) is 39.7 Å². The Morgan fingerprint density at radius 1 is 1.21 bits per heavy atom. The Morgan fingerprint density at radius 3 is 2.67 bits per heavy atom. The standard InChI is InChI=1S/C19H24O5/c1-5-6-7-8-12-22-15-11-9-10-14-16(15)24-19(20)18(21-4)17(14)23-13(2)3/h6-7,9-11,13H,5,8,12H2,1-4H3. The number of benzene rings is 1. The fourth-order valence-corrected chi connectivity index (χ4v) is 2.32. The number of fused-ring (bicyclic) bond motifs is 1. The molecule has 0 amide bonds. The maximum atomic E-state index is 12.2. The Balaban J connectivity index is 2.43. The Kier molecular flexibility index (Phi) is 6.29. The summed E-state index contributed by atoms with van der Waals surface area (Å²) in [6.07, 6.45) is 5.84. The lowest BCUT2D eigenvalue weighted by molar-refractivity contribution is 0.228. The molecular weight excluding hydrogens is 308 g/mol. The van der Waals surface area contributed by atoms with Gasteiger partial charge in [0.15, 0.2) is 17.1 Å². The van der Waals surface area contributed by atoms with Crippen LogP contribution in [0, 0.1) is 0 Å². The molecule has 0 N–H and O–H groups in total. The Morgan fingerprint density at radius 2 is 2.00 bits per heavy atom. The minimum Gasteiger partial charge on any atom is -0.489 e. The van der Waals surface area contributed by atoms with Crippen molar-refractivity contribution in [2.24, 2.45) is 0 Å². The molecule has 0 aliphatic carbocycles. The molecule has 0 bridgehead atoms. The van der Waals surface area contributed by atoms with Gasteiger partial charge < -0.3 is 18.6 Å². The molecule has 1 aromatic carbocycles. The van der Waals surface area contributed by atoms with Gasteiger partial charge in [0.1, 0.15) is 0 Å². The van der Waals surface area contributed by atoms with Gasteiger partial charge in [-0.05, 0) is 38.8 Å². The van der Waals surface area contributed by atoms with E-state index in [-0.39, 0.29) is 11.9 Å². The third kappa shape index (κ3) is 4.10. The van der Waals surface area contributed by atoms with E-state index in [1.807, 2.05) is 26.0 Å². The summed E-state index contributed by atoms with van der Waals surface area (Å²) < 4.78 is 22.1. The highest BCUT2D eigenvalue weighted by Gasteiger charge is 2.20. The first-order chi connectivity index (χ1) is 11.6. The van der Waals surface area contributed by atoms with Gasteiger partial charge in [0, 0.05) is 0 Å². The number of hydrogen-bond acceptors (Lipinski definition) is 5. The average molecular weight is 332 g/mol. The molecule has 0 aliphatic heterocycles. The van der Waals surface area contributed by atoms with Gasteiger partial charge in [-0.2, -0.15) is 0 Å². The Labute approximate surface area is 141 Å². The van der Waals surface area contributed by atoms with Crippen molar-refractivity contribution < 1.29 is 18.6 Å². The van der Waals surface area contributed by atoms with Gasteiger partial charge in [-0.15, -0.1) is 0 Å². The van der Waals surface area contributed by atoms with Crippen LogP contribution >= 0.6 is 0 Å². The quantitative estimate of drug-likeness (QED) is 0.409. The fraction of sp³-hybridized carbons (Fsp3) is 0.421. The topological polar surface area (TPSA) is 57.9 Å². The first-order valence-electron chi connectivity index (χ1n) is 8.16. The number of ether oxygens (including phenoxy) is 3. The van der Waals surface area contributed by atoms with Crippen LogP contribution in [0.4, 0.5) is 0 Å². The summed E-state index contributed by atoms with van der Waals surface area (Å²) >= 11 is 0. The lowest BCUT2D eigenvalue weighted by Crippen LogP contribution is -2.12. The Bertz CT molecular complexity index is 758. The minimum absolute atomic E-state index is 0.0687. The maximum Gasteiger partial charge on any atom is 0.383 e. The van der Waals surface area contributed by atoms with E-state index in [2.05, 4.69) is 19.1 Å². The van der Waals surface area contributed by atoms with Crippen molar-refractivity contribution in [3.8, 4) is 17.2 Å². The van der Waals surface area contributed by atoms with Crippen LogP contribution in [0.1, 0.15) is 33.6 Å². The number of allylic oxidation sites excluding steroid dienone is 1. The van der Waals surface area contributed by atoms with Crippen molar-refractivity contribution in [3.63, 3.8) is 0 Å². The van der Waals surface area contributed by atoms with Gasteiger partial charge in [0.2, 0.25) is 5.75 Å². The van der Waals surface area contributed by atoms with Gasteiger partial charge in [-0.25, -0.2) is 4.79 Å². The van der Waals surface area contributed by atoms with E-state index < -0.39 is 5.63 Å². The van der Waals surface area contributed by atoms with E-state index >= 15 is 0 Å². The van der Waals surface area contributed by atoms with Gasteiger partial charge in [-0.3, -0.25) is 0 Å². The van der Waals surface area contributed by atoms with E-state index in [4.69, 9.17) is 18.6 Å². The van der Waals surface area contributed by atoms with Crippen molar-refractivity contribution in [1.29, 1.82) is 0 Å². The average Bonchev–Trinajstić information content (AvgIpc) is 2.55. The molecule has 5 nitrogen and oxygen atoms in total. The molecule has 2 aromatic rings. The lowest BCUT2D eigenvalue weighted by Gasteiger charge is -2.15. The molecule has 0 aliphatic rings. The van der Waals surface area contributed by atoms with Crippen LogP contribution in [-0.4, -0.2) is 19.8 Å². The fourth-order valence-electron chi connectivity index (χ4n) is 2.32. The van der Waals surface area contributed by atoms with Crippen LogP contribution in [-0.2, 0) is 0 Å². The highest BCUT2D eigenvalue weighted by molar-refractivity contribution is 5.89. The second-order valence-corrected chi connectivity index (χ2v) is 5.57. The number of hydrogen-bond donors (Lipinski definition) is 0. The molecule has 0 atom stereocenters. The van der Waals surface area contributed by atoms with E-state index in [9.17, 15) is 4.79 Å². The first-order valence-corrected chi connectivity index (χ1v) is 8.16. The summed E-state index contributed by atoms with van der Waals surface area (Å²) in [6.45, 7) is 6.37. The predicted molar refractivity (Wildman–Crippen MR) is 94.3 cm³/mol. The van der Waals surface area contributed by atoms with Crippen LogP contribution in [0.25, 0.3) is 11.0 Å². The normalized spacial score (nSPS) is 11.4. The van der Waals surface area contributed by atoms with E-state index in [0.717, 1.165) is 12.8 Å². The third-order valence-electron chi connectivity index (χ3n) is 3.31. The second kappa shape index (κ2) is 8.43. The summed E-state index contributed by atoms with van der Waals surface area (Å²) in [7, 11) is 1.42. The summed E-state index contributed by atoms with van der Waals surface area (Å²) in [5, 5.41) is 0.654. The zero-order chi connectivity index (χ0) is 17.5. The summed E-state index contributed by atoms with van der Waals surface area (Å²) in [5.41, 5.74) is -0.207. The van der Waals surface area contributed by atoms with E-state index in [1.54, 1.807) is 6.07 Å². The highest BCUT2D eigenvalue weighted by atomic mass is 16.5. The number of rotatable bonds is 8. The lowest BCUT2D eigenvalue weighted by atomic mass is 10.2. The minimum atomic E-state index is -0.581. The molecule has 1 heterocycles. The molecule has 2 rings (SSSR count). The molecule has 5 heteroatoms. The molecule has 0 unspecified atom stereocenters. The number of methoxy groups -OCH3 is 1. The van der Waals surface area contributed by atoms with Gasteiger partial charge in [0.25, 0.3) is 0 Å². The summed E-state index contributed by atoms with van der Waals surface area (Å²) in [4.78, 5) is 12.2. The molecule has 0 saturated heterocycles. The molecule has 0 spiro atoms. The molecule has 1 aromatic heterocycles. The highest BCUT2D eigenvalue weighted by Crippen LogP contribution is 2.37. The summed E-state index contributed by atoms with van der Waals surface area (Å²) in [6, 6.07) is 5.44. The van der Waals surface area contributed by atoms with Gasteiger partial charge >= 0.3 is 5.63 Å². The number of para-hydroxylation sites is 1. The van der Waals surface area contributed by atoms with Crippen LogP contribution in [0.2, 0.25) is 0 Å². The molecule has 0 radical (unpaired) electrons. The molecule has 130 valence electrons. The third-order valence-corrected chi connectivity index (χ3v) is 3.31. The van der Waals surface area contributed by atoms with Crippen LogP contribution < -0.4 is 19.8 Å². The van der Waals surface area contributed by atoms with Gasteiger partial charge in [0.05, 0.1) is 25.2 Å². The molecular formula is C19H24O5. The molecule has 0 saturated carbocycles. The Hall–Kier alpha value is -2.43. The predicted octanol–water partition coefficient (Wildman–Crippen LogP) is 4.32. The summed E-state index contributed by atoms with van der Waals surface area (Å²) in [5.74, 6) is 0.972. The van der Waals surface area contributed by atoms with Crippen molar-refractivity contribution in [3.05, 3.63) is 40.8 Å². The monoisotopic (exact) mass is 332 g/mol. The van der Waals surface area contributed by atoms with E-state index in [1.165, 1.54) is 7.11 Å². The van der Waals surface area contributed by atoms with Crippen LogP contribution in [0.3, 0.4) is 0 Å². The molecule has 24 heavy (non-hydrogen) atoms. The smallest absolute Gasteiger partial charge is 0.383 e. The second-order valence-electron chi connectivity index (χ2n) is 5.57. The first kappa shape index (κ1) is 17.9.